The van der Waals surface area contributed by atoms with Crippen LogP contribution in [-0.4, -0.2) is 39.6 Å². The molecule has 0 atom stereocenters. The summed E-state index contributed by atoms with van der Waals surface area (Å²) >= 11 is 0. The number of rotatable bonds is 5. The van der Waals surface area contributed by atoms with Crippen LogP contribution in [0.25, 0.3) is 33.4 Å². The summed E-state index contributed by atoms with van der Waals surface area (Å²) in [6.45, 7) is 8.79. The van der Waals surface area contributed by atoms with Gasteiger partial charge in [0, 0.05) is 41.2 Å². The van der Waals surface area contributed by atoms with E-state index in [1.807, 2.05) is 37.4 Å². The number of aromatic nitrogens is 4. The molecule has 3 heterocycles. The standard InChI is InChI=1S/C25H28N6O2/c1-6-26-24(32)31-23-29-18-13-16(15-9-10-20(28-14-15)25(2,3)4)12-17(21(18)30-23)22-19(33-5)8-7-11-27-22/h7-14H,6H2,1-5H3,(H3,26,29,30,31,32). The Balaban J connectivity index is 1.87. The van der Waals surface area contributed by atoms with Crippen molar-refractivity contribution in [3.05, 3.63) is 54.5 Å². The molecule has 33 heavy (non-hydrogen) atoms. The number of pyridine rings is 2. The Bertz CT molecular complexity index is 1290. The van der Waals surface area contributed by atoms with Gasteiger partial charge < -0.3 is 15.0 Å². The number of benzene rings is 1. The van der Waals surface area contributed by atoms with Gasteiger partial charge in [-0.1, -0.05) is 26.8 Å². The lowest BCUT2D eigenvalue weighted by Crippen LogP contribution is -2.28. The van der Waals surface area contributed by atoms with Crippen LogP contribution in [-0.2, 0) is 5.41 Å². The maximum absolute atomic E-state index is 12.0. The lowest BCUT2D eigenvalue weighted by Gasteiger charge is -2.17. The summed E-state index contributed by atoms with van der Waals surface area (Å²) < 4.78 is 5.56. The minimum atomic E-state index is -0.323. The van der Waals surface area contributed by atoms with Crippen LogP contribution >= 0.6 is 0 Å². The molecular formula is C25H28N6O2. The quantitative estimate of drug-likeness (QED) is 0.396. The summed E-state index contributed by atoms with van der Waals surface area (Å²) in [4.78, 5) is 29.1. The molecule has 0 aliphatic heterocycles. The number of amides is 2. The molecule has 4 aromatic rings. The number of nitrogens with one attached hydrogen (secondary N) is 3. The average molecular weight is 445 g/mol. The van der Waals surface area contributed by atoms with Gasteiger partial charge in [0.25, 0.3) is 0 Å². The maximum atomic E-state index is 12.0. The smallest absolute Gasteiger partial charge is 0.321 e. The van der Waals surface area contributed by atoms with Gasteiger partial charge in [-0.25, -0.2) is 9.78 Å². The molecule has 0 saturated heterocycles. The second-order valence-corrected chi connectivity index (χ2v) is 8.73. The first kappa shape index (κ1) is 22.3. The number of nitrogens with zero attached hydrogens (tertiary/aromatic N) is 3. The molecule has 0 fully saturated rings. The molecule has 4 rings (SSSR count). The molecule has 8 heteroatoms. The van der Waals surface area contributed by atoms with Crippen LogP contribution in [0.15, 0.2) is 48.8 Å². The Hall–Kier alpha value is -3.94. The van der Waals surface area contributed by atoms with Gasteiger partial charge in [-0.15, -0.1) is 0 Å². The number of urea groups is 1. The van der Waals surface area contributed by atoms with Gasteiger partial charge in [-0.3, -0.25) is 15.3 Å². The van der Waals surface area contributed by atoms with Crippen molar-refractivity contribution in [3.63, 3.8) is 0 Å². The summed E-state index contributed by atoms with van der Waals surface area (Å²) in [6, 6.07) is 11.5. The summed E-state index contributed by atoms with van der Waals surface area (Å²) in [6.07, 6.45) is 3.60. The van der Waals surface area contributed by atoms with Crippen molar-refractivity contribution < 1.29 is 9.53 Å². The first-order valence-corrected chi connectivity index (χ1v) is 10.8. The number of fused-ring (bicyclic) bond motifs is 1. The number of H-pyrrole nitrogens is 1. The monoisotopic (exact) mass is 444 g/mol. The first-order valence-electron chi connectivity index (χ1n) is 10.8. The Labute approximate surface area is 192 Å². The number of hydrogen-bond acceptors (Lipinski definition) is 5. The number of carbonyl (C=O) groups excluding carboxylic acids is 1. The van der Waals surface area contributed by atoms with E-state index in [2.05, 4.69) is 63.5 Å². The molecule has 3 aromatic heterocycles. The van der Waals surface area contributed by atoms with Crippen LogP contribution in [0.4, 0.5) is 10.7 Å². The molecule has 0 aliphatic carbocycles. The Morgan fingerprint density at radius 3 is 2.61 bits per heavy atom. The van der Waals surface area contributed by atoms with Crippen LogP contribution in [0.3, 0.4) is 0 Å². The highest BCUT2D eigenvalue weighted by molar-refractivity contribution is 5.98. The van der Waals surface area contributed by atoms with Gasteiger partial charge >= 0.3 is 6.03 Å². The molecular weight excluding hydrogens is 416 g/mol. The topological polar surface area (TPSA) is 105 Å². The van der Waals surface area contributed by atoms with Gasteiger partial charge in [-0.2, -0.15) is 0 Å². The molecule has 0 saturated carbocycles. The number of aromatic amines is 1. The predicted molar refractivity (Wildman–Crippen MR) is 131 cm³/mol. The second kappa shape index (κ2) is 8.90. The third kappa shape index (κ3) is 4.64. The summed E-state index contributed by atoms with van der Waals surface area (Å²) in [5.74, 6) is 0.990. The normalized spacial score (nSPS) is 11.4. The molecule has 0 radical (unpaired) electrons. The Morgan fingerprint density at radius 2 is 1.94 bits per heavy atom. The van der Waals surface area contributed by atoms with Crippen molar-refractivity contribution in [2.24, 2.45) is 0 Å². The van der Waals surface area contributed by atoms with Crippen LogP contribution in [0.1, 0.15) is 33.4 Å². The highest BCUT2D eigenvalue weighted by atomic mass is 16.5. The fraction of sp³-hybridized carbons (Fsp3) is 0.280. The van der Waals surface area contributed by atoms with E-state index in [1.165, 1.54) is 0 Å². The minimum absolute atomic E-state index is 0.0298. The number of imidazole rings is 1. The molecule has 0 spiro atoms. The number of ether oxygens (including phenoxy) is 1. The molecule has 3 N–H and O–H groups in total. The van der Waals surface area contributed by atoms with Crippen molar-refractivity contribution in [1.82, 2.24) is 25.3 Å². The summed E-state index contributed by atoms with van der Waals surface area (Å²) in [5, 5.41) is 5.45. The van der Waals surface area contributed by atoms with Gasteiger partial charge in [0.2, 0.25) is 5.95 Å². The van der Waals surface area contributed by atoms with Crippen LogP contribution in [0.2, 0.25) is 0 Å². The molecule has 0 aliphatic rings. The summed E-state index contributed by atoms with van der Waals surface area (Å²) in [7, 11) is 1.61. The van der Waals surface area contributed by atoms with E-state index in [0.717, 1.165) is 27.9 Å². The van der Waals surface area contributed by atoms with E-state index in [9.17, 15) is 4.79 Å². The second-order valence-electron chi connectivity index (χ2n) is 8.73. The van der Waals surface area contributed by atoms with E-state index in [-0.39, 0.29) is 11.4 Å². The van der Waals surface area contributed by atoms with Crippen molar-refractivity contribution in [1.29, 1.82) is 0 Å². The van der Waals surface area contributed by atoms with Crippen LogP contribution in [0.5, 0.6) is 5.75 Å². The van der Waals surface area contributed by atoms with Gasteiger partial charge in [0.1, 0.15) is 17.0 Å². The fourth-order valence-electron chi connectivity index (χ4n) is 3.60. The zero-order chi connectivity index (χ0) is 23.6. The van der Waals surface area contributed by atoms with Crippen molar-refractivity contribution in [3.8, 4) is 28.1 Å². The van der Waals surface area contributed by atoms with E-state index in [1.54, 1.807) is 13.3 Å². The number of methoxy groups -OCH3 is 1. The largest absolute Gasteiger partial charge is 0.494 e. The van der Waals surface area contributed by atoms with E-state index < -0.39 is 0 Å². The van der Waals surface area contributed by atoms with Crippen molar-refractivity contribution in [2.45, 2.75) is 33.1 Å². The fourth-order valence-corrected chi connectivity index (χ4v) is 3.60. The molecule has 8 nitrogen and oxygen atoms in total. The lowest BCUT2D eigenvalue weighted by atomic mass is 9.91. The van der Waals surface area contributed by atoms with Crippen LogP contribution in [0, 0.1) is 0 Å². The minimum Gasteiger partial charge on any atom is -0.494 e. The molecule has 0 bridgehead atoms. The van der Waals surface area contributed by atoms with E-state index >= 15 is 0 Å². The number of anilines is 1. The SMILES string of the molecule is CCNC(=O)Nc1nc2c(-c3ncccc3OC)cc(-c3ccc(C(C)(C)C)nc3)cc2[nH]1. The first-order chi connectivity index (χ1) is 15.8. The van der Waals surface area contributed by atoms with Crippen LogP contribution < -0.4 is 15.4 Å². The summed E-state index contributed by atoms with van der Waals surface area (Å²) in [5.41, 5.74) is 5.82. The highest BCUT2D eigenvalue weighted by Gasteiger charge is 2.19. The average Bonchev–Trinajstić information content (AvgIpc) is 3.20. The van der Waals surface area contributed by atoms with Gasteiger partial charge in [0.15, 0.2) is 0 Å². The predicted octanol–water partition coefficient (Wildman–Crippen LogP) is 5.13. The van der Waals surface area contributed by atoms with E-state index in [0.29, 0.717) is 29.5 Å². The molecule has 1 aromatic carbocycles. The van der Waals surface area contributed by atoms with Crippen molar-refractivity contribution >= 4 is 23.0 Å². The third-order valence-electron chi connectivity index (χ3n) is 5.27. The molecule has 0 unspecified atom stereocenters. The Kier molecular flexibility index (Phi) is 6.00. The zero-order valence-electron chi connectivity index (χ0n) is 19.5. The Morgan fingerprint density at radius 1 is 1.12 bits per heavy atom. The maximum Gasteiger partial charge on any atom is 0.321 e. The van der Waals surface area contributed by atoms with Gasteiger partial charge in [-0.05, 0) is 42.8 Å². The number of carbonyl (C=O) groups is 1. The van der Waals surface area contributed by atoms with Crippen molar-refractivity contribution in [2.75, 3.05) is 19.0 Å². The number of hydrogen-bond donors (Lipinski definition) is 3. The van der Waals surface area contributed by atoms with E-state index in [4.69, 9.17) is 4.74 Å². The zero-order valence-corrected chi connectivity index (χ0v) is 19.5. The lowest BCUT2D eigenvalue weighted by molar-refractivity contribution is 0.252. The third-order valence-corrected chi connectivity index (χ3v) is 5.27. The highest BCUT2D eigenvalue weighted by Crippen LogP contribution is 2.37. The molecule has 170 valence electrons. The van der Waals surface area contributed by atoms with Gasteiger partial charge in [0.05, 0.1) is 12.6 Å². The molecule has 2 amide bonds.